The molecule has 3 heterocycles. The zero-order valence-electron chi connectivity index (χ0n) is 11.9. The number of H-pyrrole nitrogens is 1. The molecule has 4 atom stereocenters. The van der Waals surface area contributed by atoms with E-state index in [0.717, 1.165) is 17.7 Å². The fraction of sp³-hybridized carbons (Fsp3) is 0.692. The molecule has 3 rings (SSSR count). The number of rotatable bonds is 3. The number of ether oxygens (including phenoxy) is 2. The molecule has 9 heteroatoms. The highest BCUT2D eigenvalue weighted by Crippen LogP contribution is 2.28. The molecule has 1 aromatic heterocycles. The Morgan fingerprint density at radius 3 is 2.64 bits per heavy atom. The average Bonchev–Trinajstić information content (AvgIpc) is 2.77. The molecule has 0 aromatic carbocycles. The van der Waals surface area contributed by atoms with Crippen molar-refractivity contribution in [2.24, 2.45) is 0 Å². The predicted molar refractivity (Wildman–Crippen MR) is 74.5 cm³/mol. The van der Waals surface area contributed by atoms with Gasteiger partial charge in [0, 0.05) is 31.9 Å². The largest absolute Gasteiger partial charge is 0.387 e. The highest BCUT2D eigenvalue weighted by molar-refractivity contribution is 4.94. The van der Waals surface area contributed by atoms with Gasteiger partial charge in [0.2, 0.25) is 0 Å². The van der Waals surface area contributed by atoms with Gasteiger partial charge in [0.25, 0.3) is 5.56 Å². The van der Waals surface area contributed by atoms with E-state index >= 15 is 0 Å². The van der Waals surface area contributed by atoms with Crippen LogP contribution in [-0.4, -0.2) is 75.8 Å². The van der Waals surface area contributed by atoms with Crippen LogP contribution in [0, 0.1) is 0 Å². The molecule has 122 valence electrons. The standard InChI is InChI=1S/C13H19N3O6/c17-9-1-2-16(13(20)14-9)12-11(19)10(18)8(22-12)7-15-3-5-21-6-4-15/h1-2,8,10-12,18-19H,3-7H2,(H,14,17,20)/t8-,10-,11-,12-/m1/s1. The Balaban J connectivity index is 1.74. The van der Waals surface area contributed by atoms with Gasteiger partial charge < -0.3 is 19.7 Å². The Labute approximate surface area is 125 Å². The molecule has 22 heavy (non-hydrogen) atoms. The highest BCUT2D eigenvalue weighted by atomic mass is 16.6. The van der Waals surface area contributed by atoms with E-state index in [9.17, 15) is 19.8 Å². The van der Waals surface area contributed by atoms with Crippen LogP contribution in [0.4, 0.5) is 0 Å². The zero-order chi connectivity index (χ0) is 15.7. The van der Waals surface area contributed by atoms with Crippen LogP contribution < -0.4 is 11.2 Å². The number of aliphatic hydroxyl groups excluding tert-OH is 2. The van der Waals surface area contributed by atoms with Gasteiger partial charge in [-0.25, -0.2) is 4.79 Å². The number of hydrogen-bond acceptors (Lipinski definition) is 7. The van der Waals surface area contributed by atoms with Crippen molar-refractivity contribution < 1.29 is 19.7 Å². The Kier molecular flexibility index (Phi) is 4.41. The number of morpholine rings is 1. The molecule has 1 aromatic rings. The lowest BCUT2D eigenvalue weighted by molar-refractivity contribution is -0.0582. The van der Waals surface area contributed by atoms with Gasteiger partial charge in [0.1, 0.15) is 18.3 Å². The second-order valence-corrected chi connectivity index (χ2v) is 5.48. The molecule has 0 bridgehead atoms. The monoisotopic (exact) mass is 313 g/mol. The molecule has 9 nitrogen and oxygen atoms in total. The van der Waals surface area contributed by atoms with Crippen molar-refractivity contribution in [2.75, 3.05) is 32.8 Å². The summed E-state index contributed by atoms with van der Waals surface area (Å²) in [5.41, 5.74) is -1.21. The van der Waals surface area contributed by atoms with Crippen molar-refractivity contribution in [3.05, 3.63) is 33.1 Å². The van der Waals surface area contributed by atoms with Gasteiger partial charge in [-0.05, 0) is 0 Å². The first-order valence-corrected chi connectivity index (χ1v) is 7.19. The SMILES string of the molecule is O=c1ccn([C@@H]2O[C@H](CN3CCOCC3)[C@@H](O)[C@H]2O)c(=O)[nH]1. The van der Waals surface area contributed by atoms with E-state index in [0.29, 0.717) is 19.8 Å². The second kappa shape index (κ2) is 6.31. The lowest BCUT2D eigenvalue weighted by Gasteiger charge is -2.29. The Morgan fingerprint density at radius 1 is 1.23 bits per heavy atom. The average molecular weight is 313 g/mol. The van der Waals surface area contributed by atoms with Crippen molar-refractivity contribution in [3.8, 4) is 0 Å². The smallest absolute Gasteiger partial charge is 0.330 e. The summed E-state index contributed by atoms with van der Waals surface area (Å²) in [6.07, 6.45) is -2.73. The normalized spacial score (nSPS) is 33.2. The number of aliphatic hydroxyl groups is 2. The summed E-state index contributed by atoms with van der Waals surface area (Å²) in [4.78, 5) is 27.0. The third kappa shape index (κ3) is 2.99. The number of nitrogens with one attached hydrogen (secondary N) is 1. The van der Waals surface area contributed by atoms with Gasteiger partial charge in [-0.2, -0.15) is 0 Å². The first kappa shape index (κ1) is 15.4. The first-order valence-electron chi connectivity index (χ1n) is 7.19. The Morgan fingerprint density at radius 2 is 1.95 bits per heavy atom. The Hall–Kier alpha value is -1.52. The van der Waals surface area contributed by atoms with Gasteiger partial charge in [0.05, 0.1) is 13.2 Å². The quantitative estimate of drug-likeness (QED) is 0.564. The van der Waals surface area contributed by atoms with E-state index in [2.05, 4.69) is 9.88 Å². The minimum Gasteiger partial charge on any atom is -0.387 e. The zero-order valence-corrected chi connectivity index (χ0v) is 11.9. The summed E-state index contributed by atoms with van der Waals surface area (Å²) in [6.45, 7) is 3.14. The van der Waals surface area contributed by atoms with Crippen LogP contribution >= 0.6 is 0 Å². The number of nitrogens with zero attached hydrogens (tertiary/aromatic N) is 2. The van der Waals surface area contributed by atoms with E-state index in [-0.39, 0.29) is 0 Å². The lowest BCUT2D eigenvalue weighted by Crippen LogP contribution is -2.44. The molecule has 0 saturated carbocycles. The topological polar surface area (TPSA) is 117 Å². The molecular weight excluding hydrogens is 294 g/mol. The molecule has 0 radical (unpaired) electrons. The van der Waals surface area contributed by atoms with Gasteiger partial charge >= 0.3 is 5.69 Å². The summed E-state index contributed by atoms with van der Waals surface area (Å²) in [7, 11) is 0. The van der Waals surface area contributed by atoms with E-state index in [1.54, 1.807) is 0 Å². The molecule has 0 aliphatic carbocycles. The van der Waals surface area contributed by atoms with E-state index in [1.807, 2.05) is 0 Å². The highest BCUT2D eigenvalue weighted by Gasteiger charge is 2.44. The minimum atomic E-state index is -1.24. The fourth-order valence-electron chi connectivity index (χ4n) is 2.78. The molecule has 0 amide bonds. The van der Waals surface area contributed by atoms with Crippen LogP contribution in [0.3, 0.4) is 0 Å². The van der Waals surface area contributed by atoms with E-state index in [1.165, 1.54) is 12.3 Å². The third-order valence-electron chi connectivity index (χ3n) is 4.00. The van der Waals surface area contributed by atoms with E-state index < -0.39 is 35.8 Å². The summed E-state index contributed by atoms with van der Waals surface area (Å²) < 4.78 is 12.0. The van der Waals surface area contributed by atoms with Crippen molar-refractivity contribution in [1.82, 2.24) is 14.5 Å². The number of aromatic nitrogens is 2. The maximum Gasteiger partial charge on any atom is 0.330 e. The van der Waals surface area contributed by atoms with Crippen LogP contribution in [0.5, 0.6) is 0 Å². The van der Waals surface area contributed by atoms with E-state index in [4.69, 9.17) is 9.47 Å². The maximum atomic E-state index is 11.8. The van der Waals surface area contributed by atoms with Crippen LogP contribution in [0.2, 0.25) is 0 Å². The molecule has 3 N–H and O–H groups in total. The molecule has 0 unspecified atom stereocenters. The third-order valence-corrected chi connectivity index (χ3v) is 4.00. The summed E-state index contributed by atoms with van der Waals surface area (Å²) in [6, 6.07) is 1.17. The van der Waals surface area contributed by atoms with Gasteiger partial charge in [-0.15, -0.1) is 0 Å². The van der Waals surface area contributed by atoms with Crippen LogP contribution in [-0.2, 0) is 9.47 Å². The lowest BCUT2D eigenvalue weighted by atomic mass is 10.1. The van der Waals surface area contributed by atoms with Crippen LogP contribution in [0.25, 0.3) is 0 Å². The molecule has 2 saturated heterocycles. The van der Waals surface area contributed by atoms with Crippen LogP contribution in [0.1, 0.15) is 6.23 Å². The summed E-state index contributed by atoms with van der Waals surface area (Å²) >= 11 is 0. The van der Waals surface area contributed by atoms with Crippen LogP contribution in [0.15, 0.2) is 21.9 Å². The van der Waals surface area contributed by atoms with Crippen molar-refractivity contribution in [3.63, 3.8) is 0 Å². The van der Waals surface area contributed by atoms with Gasteiger partial charge in [-0.1, -0.05) is 0 Å². The predicted octanol–water partition coefficient (Wildman–Crippen LogP) is -2.51. The molecule has 0 spiro atoms. The summed E-state index contributed by atoms with van der Waals surface area (Å²) in [5, 5.41) is 20.3. The second-order valence-electron chi connectivity index (χ2n) is 5.48. The minimum absolute atomic E-state index is 0.441. The maximum absolute atomic E-state index is 11.8. The van der Waals surface area contributed by atoms with Gasteiger partial charge in [0.15, 0.2) is 6.23 Å². The molecule has 2 fully saturated rings. The Bertz CT molecular complexity index is 623. The summed E-state index contributed by atoms with van der Waals surface area (Å²) in [5.74, 6) is 0. The molecule has 2 aliphatic heterocycles. The van der Waals surface area contributed by atoms with Crippen molar-refractivity contribution >= 4 is 0 Å². The molecular formula is C13H19N3O6. The van der Waals surface area contributed by atoms with Crippen molar-refractivity contribution in [2.45, 2.75) is 24.5 Å². The van der Waals surface area contributed by atoms with Crippen molar-refractivity contribution in [1.29, 1.82) is 0 Å². The molecule has 2 aliphatic rings. The first-order chi connectivity index (χ1) is 10.6. The number of aromatic amines is 1. The fourth-order valence-corrected chi connectivity index (χ4v) is 2.78. The van der Waals surface area contributed by atoms with Gasteiger partial charge in [-0.3, -0.25) is 19.2 Å². The number of hydrogen-bond donors (Lipinski definition) is 3.